The van der Waals surface area contributed by atoms with E-state index < -0.39 is 20.6 Å². The highest BCUT2D eigenvalue weighted by Crippen LogP contribution is 2.34. The van der Waals surface area contributed by atoms with Gasteiger partial charge in [-0.2, -0.15) is 0 Å². The molecule has 0 unspecified atom stereocenters. The van der Waals surface area contributed by atoms with Gasteiger partial charge in [-0.1, -0.05) is 39.4 Å². The molecule has 0 fully saturated rings. The average molecular weight is 392 g/mol. The third-order valence-corrected chi connectivity index (χ3v) is 5.92. The summed E-state index contributed by atoms with van der Waals surface area (Å²) in [6.45, 7) is 0.0845. The second-order valence-electron chi connectivity index (χ2n) is 4.02. The van der Waals surface area contributed by atoms with Crippen LogP contribution in [0.2, 0.25) is 0 Å². The first-order valence-corrected chi connectivity index (χ1v) is 8.66. The highest BCUT2D eigenvalue weighted by atomic mass is 79.9. The van der Waals surface area contributed by atoms with Crippen molar-refractivity contribution in [2.24, 2.45) is 0 Å². The second kappa shape index (κ2) is 6.10. The summed E-state index contributed by atoms with van der Waals surface area (Å²) in [6, 6.07) is 8.06. The lowest BCUT2D eigenvalue weighted by atomic mass is 10.2. The molecule has 0 bridgehead atoms. The van der Waals surface area contributed by atoms with Crippen LogP contribution in [0.25, 0.3) is 0 Å². The number of anilines is 1. The van der Waals surface area contributed by atoms with Crippen LogP contribution in [0.15, 0.2) is 39.0 Å². The van der Waals surface area contributed by atoms with Gasteiger partial charge in [0, 0.05) is 17.1 Å². The molecule has 0 aliphatic rings. The van der Waals surface area contributed by atoms with Crippen LogP contribution in [-0.2, 0) is 16.6 Å². The summed E-state index contributed by atoms with van der Waals surface area (Å²) >= 11 is 3.95. The van der Waals surface area contributed by atoms with Crippen LogP contribution in [0.3, 0.4) is 0 Å². The van der Waals surface area contributed by atoms with Crippen molar-refractivity contribution in [3.63, 3.8) is 0 Å². The van der Waals surface area contributed by atoms with Crippen LogP contribution in [0.1, 0.15) is 5.56 Å². The molecule has 0 atom stereocenters. The van der Waals surface area contributed by atoms with Gasteiger partial charge in [0.15, 0.2) is 5.00 Å². The smallest absolute Gasteiger partial charge is 0.304 e. The molecule has 2 rings (SSSR count). The van der Waals surface area contributed by atoms with Crippen molar-refractivity contribution in [3.8, 4) is 0 Å². The number of halogens is 1. The molecule has 10 heteroatoms. The van der Waals surface area contributed by atoms with E-state index in [4.69, 9.17) is 5.73 Å². The predicted molar refractivity (Wildman–Crippen MR) is 83.6 cm³/mol. The Morgan fingerprint density at radius 3 is 2.48 bits per heavy atom. The quantitative estimate of drug-likeness (QED) is 0.599. The maximum Gasteiger partial charge on any atom is 0.304 e. The molecule has 0 spiro atoms. The summed E-state index contributed by atoms with van der Waals surface area (Å²) in [5, 5.41) is 10.6. The van der Waals surface area contributed by atoms with E-state index in [-0.39, 0.29) is 15.8 Å². The number of benzene rings is 1. The van der Waals surface area contributed by atoms with Gasteiger partial charge in [0.05, 0.1) is 4.92 Å². The molecule has 1 heterocycles. The van der Waals surface area contributed by atoms with Crippen molar-refractivity contribution in [1.29, 1.82) is 0 Å². The average Bonchev–Trinajstić information content (AvgIpc) is 2.81. The Bertz CT molecular complexity index is 771. The molecule has 0 radical (unpaired) electrons. The van der Waals surface area contributed by atoms with Gasteiger partial charge < -0.3 is 5.73 Å². The SMILES string of the molecule is Nc1sc(S(=O)(=O)NCc2ccc(Br)cc2)cc1[N+](=O)[O-]. The normalized spacial score (nSPS) is 11.5. The zero-order chi connectivity index (χ0) is 15.6. The minimum atomic E-state index is -3.83. The summed E-state index contributed by atoms with van der Waals surface area (Å²) in [4.78, 5) is 9.98. The first-order chi connectivity index (χ1) is 9.79. The molecule has 0 aliphatic carbocycles. The minimum absolute atomic E-state index is 0.0845. The Hall–Kier alpha value is -1.49. The van der Waals surface area contributed by atoms with Crippen LogP contribution in [0.4, 0.5) is 10.7 Å². The maximum absolute atomic E-state index is 12.1. The van der Waals surface area contributed by atoms with Crippen LogP contribution in [0.5, 0.6) is 0 Å². The van der Waals surface area contributed by atoms with Crippen LogP contribution in [0, 0.1) is 10.1 Å². The molecule has 0 saturated heterocycles. The molecule has 0 aliphatic heterocycles. The maximum atomic E-state index is 12.1. The molecule has 112 valence electrons. The molecular formula is C11H10BrN3O4S2. The lowest BCUT2D eigenvalue weighted by Gasteiger charge is -2.04. The van der Waals surface area contributed by atoms with Crippen molar-refractivity contribution >= 4 is 48.0 Å². The third-order valence-electron chi connectivity index (χ3n) is 2.56. The van der Waals surface area contributed by atoms with E-state index in [9.17, 15) is 18.5 Å². The fraction of sp³-hybridized carbons (Fsp3) is 0.0909. The number of nitro groups is 1. The molecule has 7 nitrogen and oxygen atoms in total. The highest BCUT2D eigenvalue weighted by Gasteiger charge is 2.24. The summed E-state index contributed by atoms with van der Waals surface area (Å²) in [5.74, 6) is 0. The van der Waals surface area contributed by atoms with Crippen LogP contribution < -0.4 is 10.5 Å². The van der Waals surface area contributed by atoms with E-state index in [0.29, 0.717) is 11.3 Å². The zero-order valence-electron chi connectivity index (χ0n) is 10.4. The van der Waals surface area contributed by atoms with Crippen molar-refractivity contribution < 1.29 is 13.3 Å². The van der Waals surface area contributed by atoms with Gasteiger partial charge >= 0.3 is 5.69 Å². The number of hydrogen-bond donors (Lipinski definition) is 2. The lowest BCUT2D eigenvalue weighted by molar-refractivity contribution is -0.383. The molecule has 0 saturated carbocycles. The van der Waals surface area contributed by atoms with Gasteiger partial charge in [-0.25, -0.2) is 13.1 Å². The van der Waals surface area contributed by atoms with E-state index in [1.165, 1.54) is 0 Å². The number of hydrogen-bond acceptors (Lipinski definition) is 6. The van der Waals surface area contributed by atoms with Crippen LogP contribution in [-0.4, -0.2) is 13.3 Å². The largest absolute Gasteiger partial charge is 0.385 e. The summed E-state index contributed by atoms with van der Waals surface area (Å²) in [7, 11) is -3.83. The van der Waals surface area contributed by atoms with E-state index in [2.05, 4.69) is 20.7 Å². The van der Waals surface area contributed by atoms with E-state index in [1.807, 2.05) is 0 Å². The Kier molecular flexibility index (Phi) is 4.61. The number of nitrogens with one attached hydrogen (secondary N) is 1. The van der Waals surface area contributed by atoms with Crippen molar-refractivity contribution in [2.45, 2.75) is 10.8 Å². The van der Waals surface area contributed by atoms with Gasteiger partial charge in [0.25, 0.3) is 10.0 Å². The molecule has 1 aromatic heterocycles. The van der Waals surface area contributed by atoms with Gasteiger partial charge in [0.1, 0.15) is 4.21 Å². The highest BCUT2D eigenvalue weighted by molar-refractivity contribution is 9.10. The molecular weight excluding hydrogens is 382 g/mol. The van der Waals surface area contributed by atoms with Gasteiger partial charge in [-0.05, 0) is 17.7 Å². The zero-order valence-corrected chi connectivity index (χ0v) is 13.7. The molecule has 3 N–H and O–H groups in total. The number of rotatable bonds is 5. The third kappa shape index (κ3) is 3.79. The lowest BCUT2D eigenvalue weighted by Crippen LogP contribution is -2.22. The van der Waals surface area contributed by atoms with Gasteiger partial charge in [-0.3, -0.25) is 10.1 Å². The second-order valence-corrected chi connectivity index (χ2v) is 8.02. The predicted octanol–water partition coefficient (Wildman–Crippen LogP) is 2.48. The van der Waals surface area contributed by atoms with Gasteiger partial charge in [0.2, 0.25) is 0 Å². The first-order valence-electron chi connectivity index (χ1n) is 5.57. The molecule has 21 heavy (non-hydrogen) atoms. The van der Waals surface area contributed by atoms with Crippen LogP contribution >= 0.6 is 27.3 Å². The minimum Gasteiger partial charge on any atom is -0.385 e. The Balaban J connectivity index is 2.17. The van der Waals surface area contributed by atoms with Crippen molar-refractivity contribution in [3.05, 3.63) is 50.5 Å². The molecule has 1 aromatic carbocycles. The van der Waals surface area contributed by atoms with Gasteiger partial charge in [-0.15, -0.1) is 0 Å². The Morgan fingerprint density at radius 2 is 1.95 bits per heavy atom. The van der Waals surface area contributed by atoms with E-state index in [1.54, 1.807) is 24.3 Å². The Labute approximate surface area is 133 Å². The Morgan fingerprint density at radius 1 is 1.33 bits per heavy atom. The van der Waals surface area contributed by atoms with Crippen molar-refractivity contribution in [2.75, 3.05) is 5.73 Å². The topological polar surface area (TPSA) is 115 Å². The molecule has 0 amide bonds. The van der Waals surface area contributed by atoms with Crippen molar-refractivity contribution in [1.82, 2.24) is 4.72 Å². The number of thiophene rings is 1. The van der Waals surface area contributed by atoms with E-state index in [0.717, 1.165) is 16.1 Å². The monoisotopic (exact) mass is 391 g/mol. The fourth-order valence-corrected chi connectivity index (χ4v) is 4.04. The van der Waals surface area contributed by atoms with E-state index >= 15 is 0 Å². The fourth-order valence-electron chi connectivity index (χ4n) is 1.50. The molecule has 2 aromatic rings. The number of sulfonamides is 1. The number of nitrogens with zero attached hydrogens (tertiary/aromatic N) is 1. The number of nitrogen functional groups attached to an aromatic ring is 1. The summed E-state index contributed by atoms with van der Waals surface area (Å²) in [6.07, 6.45) is 0. The number of nitrogens with two attached hydrogens (primary N) is 1. The summed E-state index contributed by atoms with van der Waals surface area (Å²) in [5.41, 5.74) is 5.81. The standard InChI is InChI=1S/C11H10BrN3O4S2/c12-8-3-1-7(2-4-8)6-14-21(18,19)10-5-9(15(16)17)11(13)20-10/h1-5,14H,6,13H2. The first kappa shape index (κ1) is 15.9. The summed E-state index contributed by atoms with van der Waals surface area (Å²) < 4.78 is 27.2.